The molecule has 1 aliphatic heterocycles. The molecule has 4 nitrogen and oxygen atoms in total. The molecule has 0 saturated carbocycles. The van der Waals surface area contributed by atoms with E-state index in [1.54, 1.807) is 4.90 Å². The summed E-state index contributed by atoms with van der Waals surface area (Å²) in [5.74, 6) is -0.549. The second kappa shape index (κ2) is 5.65. The van der Waals surface area contributed by atoms with Gasteiger partial charge in [-0.3, -0.25) is 0 Å². The van der Waals surface area contributed by atoms with Gasteiger partial charge >= 0.3 is 5.97 Å². The lowest BCUT2D eigenvalue weighted by Crippen LogP contribution is -2.46. The number of nitrogens with zero attached hydrogens (tertiary/aromatic N) is 2. The van der Waals surface area contributed by atoms with E-state index in [1.165, 1.54) is 19.4 Å². The van der Waals surface area contributed by atoms with Crippen LogP contribution in [0.5, 0.6) is 0 Å². The van der Waals surface area contributed by atoms with Gasteiger partial charge in [-0.2, -0.15) is 0 Å². The number of ether oxygens (including phenoxy) is 1. The molecule has 2 rings (SSSR count). The van der Waals surface area contributed by atoms with Crippen LogP contribution in [0.4, 0.5) is 10.2 Å². The van der Waals surface area contributed by atoms with E-state index in [0.717, 1.165) is 12.8 Å². The first-order valence-electron chi connectivity index (χ1n) is 5.79. The highest BCUT2D eigenvalue weighted by atomic mass is 79.9. The average Bonchev–Trinajstić information content (AvgIpc) is 2.38. The Hall–Kier alpha value is -1.17. The predicted octanol–water partition coefficient (Wildman–Crippen LogP) is 2.52. The molecule has 1 aromatic heterocycles. The van der Waals surface area contributed by atoms with E-state index in [1.807, 2.05) is 0 Å². The Balaban J connectivity index is 2.30. The Morgan fingerprint density at radius 3 is 3.06 bits per heavy atom. The molecule has 0 spiro atoms. The quantitative estimate of drug-likeness (QED) is 0.786. The minimum atomic E-state index is -0.438. The Morgan fingerprint density at radius 2 is 2.39 bits per heavy atom. The number of piperidine rings is 1. The van der Waals surface area contributed by atoms with Crippen molar-refractivity contribution in [3.8, 4) is 0 Å². The summed E-state index contributed by atoms with van der Waals surface area (Å²) in [6.45, 7) is 0.616. The third-order valence-corrected chi connectivity index (χ3v) is 3.47. The predicted molar refractivity (Wildman–Crippen MR) is 68.9 cm³/mol. The summed E-state index contributed by atoms with van der Waals surface area (Å²) in [4.78, 5) is 17.5. The zero-order valence-electron chi connectivity index (χ0n) is 10.0. The van der Waals surface area contributed by atoms with Gasteiger partial charge < -0.3 is 9.64 Å². The number of hydrogen-bond acceptors (Lipinski definition) is 4. The van der Waals surface area contributed by atoms with Crippen LogP contribution >= 0.6 is 15.9 Å². The second-order valence-corrected chi connectivity index (χ2v) is 5.10. The molecule has 98 valence electrons. The summed E-state index contributed by atoms with van der Waals surface area (Å²) in [6.07, 6.45) is 4.06. The number of carbonyl (C=O) groups is 1. The number of pyridine rings is 1. The third-order valence-electron chi connectivity index (χ3n) is 3.04. The van der Waals surface area contributed by atoms with Gasteiger partial charge in [-0.1, -0.05) is 0 Å². The number of anilines is 1. The Kier molecular flexibility index (Phi) is 4.16. The molecule has 1 saturated heterocycles. The van der Waals surface area contributed by atoms with E-state index in [0.29, 0.717) is 17.4 Å². The van der Waals surface area contributed by atoms with E-state index in [9.17, 15) is 9.18 Å². The monoisotopic (exact) mass is 316 g/mol. The number of esters is 1. The largest absolute Gasteiger partial charge is 0.467 e. The molecule has 2 heterocycles. The Bertz CT molecular complexity index is 456. The molecule has 0 radical (unpaired) electrons. The SMILES string of the molecule is COC(=O)C1CCCCN1c1ncc(Br)cc1F. The molecular formula is C12H14BrFN2O2. The van der Waals surface area contributed by atoms with Crippen LogP contribution < -0.4 is 4.90 Å². The normalized spacial score (nSPS) is 19.7. The van der Waals surface area contributed by atoms with E-state index < -0.39 is 11.9 Å². The highest BCUT2D eigenvalue weighted by Crippen LogP contribution is 2.27. The molecule has 1 fully saturated rings. The van der Waals surface area contributed by atoms with Gasteiger partial charge in [0.25, 0.3) is 0 Å². The van der Waals surface area contributed by atoms with Crippen molar-refractivity contribution in [2.24, 2.45) is 0 Å². The second-order valence-electron chi connectivity index (χ2n) is 4.19. The van der Waals surface area contributed by atoms with E-state index in [2.05, 4.69) is 20.9 Å². The average molecular weight is 317 g/mol. The smallest absolute Gasteiger partial charge is 0.328 e. The molecule has 18 heavy (non-hydrogen) atoms. The fourth-order valence-corrected chi connectivity index (χ4v) is 2.49. The van der Waals surface area contributed by atoms with Gasteiger partial charge in [0.2, 0.25) is 0 Å². The van der Waals surface area contributed by atoms with Gasteiger partial charge in [0.05, 0.1) is 7.11 Å². The molecule has 1 aromatic rings. The molecule has 0 bridgehead atoms. The number of methoxy groups -OCH3 is 1. The Labute approximate surface area is 113 Å². The molecule has 1 unspecified atom stereocenters. The van der Waals surface area contributed by atoms with Gasteiger partial charge in [0.15, 0.2) is 11.6 Å². The molecule has 1 aliphatic rings. The maximum Gasteiger partial charge on any atom is 0.328 e. The summed E-state index contributed by atoms with van der Waals surface area (Å²) in [7, 11) is 1.35. The number of hydrogen-bond donors (Lipinski definition) is 0. The van der Waals surface area contributed by atoms with Crippen LogP contribution in [0.1, 0.15) is 19.3 Å². The first kappa shape index (κ1) is 13.3. The van der Waals surface area contributed by atoms with Crippen molar-refractivity contribution in [1.29, 1.82) is 0 Å². The van der Waals surface area contributed by atoms with Crippen LogP contribution in [0.2, 0.25) is 0 Å². The van der Waals surface area contributed by atoms with Crippen molar-refractivity contribution >= 4 is 27.7 Å². The minimum Gasteiger partial charge on any atom is -0.467 e. The standard InChI is InChI=1S/C12H14BrFN2O2/c1-18-12(17)10-4-2-3-5-16(10)11-9(14)6-8(13)7-15-11/h6-7,10H,2-5H2,1H3. The number of aromatic nitrogens is 1. The summed E-state index contributed by atoms with van der Waals surface area (Å²) in [5.41, 5.74) is 0. The van der Waals surface area contributed by atoms with Crippen molar-refractivity contribution in [1.82, 2.24) is 4.98 Å². The van der Waals surface area contributed by atoms with Gasteiger partial charge in [-0.15, -0.1) is 0 Å². The zero-order valence-corrected chi connectivity index (χ0v) is 11.6. The molecule has 0 amide bonds. The summed E-state index contributed by atoms with van der Waals surface area (Å²) < 4.78 is 19.2. The first-order valence-corrected chi connectivity index (χ1v) is 6.58. The van der Waals surface area contributed by atoms with Crippen LogP contribution in [0.25, 0.3) is 0 Å². The van der Waals surface area contributed by atoms with Crippen LogP contribution in [0, 0.1) is 5.82 Å². The van der Waals surface area contributed by atoms with Crippen molar-refractivity contribution in [2.75, 3.05) is 18.6 Å². The maximum atomic E-state index is 13.9. The topological polar surface area (TPSA) is 42.4 Å². The molecule has 1 atom stereocenters. The van der Waals surface area contributed by atoms with Crippen molar-refractivity contribution in [3.05, 3.63) is 22.6 Å². The van der Waals surface area contributed by atoms with Gasteiger partial charge in [-0.05, 0) is 41.3 Å². The molecular weight excluding hydrogens is 303 g/mol. The van der Waals surface area contributed by atoms with Crippen LogP contribution in [0.15, 0.2) is 16.7 Å². The highest BCUT2D eigenvalue weighted by Gasteiger charge is 2.31. The van der Waals surface area contributed by atoms with Crippen LogP contribution in [-0.2, 0) is 9.53 Å². The van der Waals surface area contributed by atoms with Crippen molar-refractivity contribution in [2.45, 2.75) is 25.3 Å². The maximum absolute atomic E-state index is 13.9. The first-order chi connectivity index (χ1) is 8.63. The summed E-state index contributed by atoms with van der Waals surface area (Å²) >= 11 is 3.17. The lowest BCUT2D eigenvalue weighted by Gasteiger charge is -2.34. The number of halogens is 2. The zero-order chi connectivity index (χ0) is 13.1. The third kappa shape index (κ3) is 2.63. The van der Waals surface area contributed by atoms with Crippen LogP contribution in [-0.4, -0.2) is 30.6 Å². The van der Waals surface area contributed by atoms with Crippen molar-refractivity contribution in [3.63, 3.8) is 0 Å². The molecule has 0 aliphatic carbocycles. The van der Waals surface area contributed by atoms with Gasteiger partial charge in [-0.25, -0.2) is 14.2 Å². The van der Waals surface area contributed by atoms with Gasteiger partial charge in [0.1, 0.15) is 6.04 Å². The summed E-state index contributed by atoms with van der Waals surface area (Å²) in [5, 5.41) is 0. The number of rotatable bonds is 2. The lowest BCUT2D eigenvalue weighted by atomic mass is 10.0. The molecule has 6 heteroatoms. The van der Waals surface area contributed by atoms with Gasteiger partial charge in [0, 0.05) is 17.2 Å². The Morgan fingerprint density at radius 1 is 1.61 bits per heavy atom. The summed E-state index contributed by atoms with van der Waals surface area (Å²) in [6, 6.07) is 0.914. The lowest BCUT2D eigenvalue weighted by molar-refractivity contribution is -0.142. The fraction of sp³-hybridized carbons (Fsp3) is 0.500. The minimum absolute atomic E-state index is 0.216. The van der Waals surface area contributed by atoms with E-state index in [4.69, 9.17) is 4.74 Å². The molecule has 0 N–H and O–H groups in total. The van der Waals surface area contributed by atoms with E-state index >= 15 is 0 Å². The number of carbonyl (C=O) groups excluding carboxylic acids is 1. The fourth-order valence-electron chi connectivity index (χ4n) is 2.18. The van der Waals surface area contributed by atoms with E-state index in [-0.39, 0.29) is 11.8 Å². The highest BCUT2D eigenvalue weighted by molar-refractivity contribution is 9.10. The van der Waals surface area contributed by atoms with Crippen molar-refractivity contribution < 1.29 is 13.9 Å². The molecule has 0 aromatic carbocycles. The van der Waals surface area contributed by atoms with Crippen LogP contribution in [0.3, 0.4) is 0 Å².